The second kappa shape index (κ2) is 2.86. The molecule has 0 spiro atoms. The maximum atomic E-state index is 3.58. The molecule has 0 amide bonds. The lowest BCUT2D eigenvalue weighted by Gasteiger charge is -1.90. The third-order valence-corrected chi connectivity index (χ3v) is 2.89. The lowest BCUT2D eigenvalue weighted by molar-refractivity contribution is 0.657. The summed E-state index contributed by atoms with van der Waals surface area (Å²) in [5.41, 5.74) is 0. The van der Waals surface area contributed by atoms with E-state index in [1.807, 2.05) is 0 Å². The number of alkyl halides is 1. The normalized spacial score (nSPS) is 35.2. The SMILES string of the molecule is CCCC[C@H]1C[C@@H]1Br. The van der Waals surface area contributed by atoms with Gasteiger partial charge in [-0.25, -0.2) is 0 Å². The fraction of sp³-hybridized carbons (Fsp3) is 1.00. The Kier molecular flexibility index (Phi) is 2.36. The minimum atomic E-state index is 0.883. The van der Waals surface area contributed by atoms with Gasteiger partial charge in [-0.15, -0.1) is 0 Å². The maximum absolute atomic E-state index is 3.58. The van der Waals surface area contributed by atoms with Crippen LogP contribution in [0, 0.1) is 5.92 Å². The van der Waals surface area contributed by atoms with Gasteiger partial charge in [-0.1, -0.05) is 35.7 Å². The van der Waals surface area contributed by atoms with Crippen molar-refractivity contribution in [2.45, 2.75) is 37.4 Å². The molecule has 0 bridgehead atoms. The summed E-state index contributed by atoms with van der Waals surface area (Å²) in [6.07, 6.45) is 5.66. The molecule has 0 aliphatic heterocycles. The van der Waals surface area contributed by atoms with Crippen LogP contribution in [0.15, 0.2) is 0 Å². The van der Waals surface area contributed by atoms with E-state index in [9.17, 15) is 0 Å². The van der Waals surface area contributed by atoms with E-state index in [2.05, 4.69) is 22.9 Å². The first-order valence-electron chi connectivity index (χ1n) is 3.48. The number of halogens is 1. The Morgan fingerprint density at radius 3 is 2.62 bits per heavy atom. The zero-order chi connectivity index (χ0) is 5.98. The summed E-state index contributed by atoms with van der Waals surface area (Å²) in [7, 11) is 0. The molecule has 0 aromatic heterocycles. The van der Waals surface area contributed by atoms with Crippen LogP contribution in [0.25, 0.3) is 0 Å². The number of unbranched alkanes of at least 4 members (excludes halogenated alkanes) is 1. The van der Waals surface area contributed by atoms with Gasteiger partial charge in [-0.3, -0.25) is 0 Å². The molecule has 1 fully saturated rings. The van der Waals surface area contributed by atoms with E-state index in [-0.39, 0.29) is 0 Å². The van der Waals surface area contributed by atoms with E-state index in [1.54, 1.807) is 0 Å². The van der Waals surface area contributed by atoms with Gasteiger partial charge in [0, 0.05) is 4.83 Å². The largest absolute Gasteiger partial charge is 0.0888 e. The molecule has 48 valence electrons. The highest BCUT2D eigenvalue weighted by molar-refractivity contribution is 9.09. The first-order valence-corrected chi connectivity index (χ1v) is 4.40. The van der Waals surface area contributed by atoms with Crippen molar-refractivity contribution in [1.29, 1.82) is 0 Å². The standard InChI is InChI=1S/C7H13Br/c1-2-3-4-6-5-7(6)8/h6-7H,2-5H2,1H3/t6-,7-/m0/s1. The Bertz CT molecular complexity index is 70.8. The maximum Gasteiger partial charge on any atom is 0.0177 e. The average molecular weight is 177 g/mol. The Labute approximate surface area is 59.8 Å². The predicted octanol–water partition coefficient (Wildman–Crippen LogP) is 2.96. The number of hydrogen-bond donors (Lipinski definition) is 0. The van der Waals surface area contributed by atoms with Crippen molar-refractivity contribution >= 4 is 15.9 Å². The minimum absolute atomic E-state index is 0.883. The molecule has 1 rings (SSSR count). The summed E-state index contributed by atoms with van der Waals surface area (Å²) in [5, 5.41) is 0. The fourth-order valence-electron chi connectivity index (χ4n) is 0.976. The van der Waals surface area contributed by atoms with Crippen molar-refractivity contribution in [2.24, 2.45) is 5.92 Å². The molecule has 1 heteroatoms. The molecular formula is C7H13Br. The van der Waals surface area contributed by atoms with E-state index < -0.39 is 0 Å². The van der Waals surface area contributed by atoms with E-state index >= 15 is 0 Å². The van der Waals surface area contributed by atoms with Gasteiger partial charge in [0.25, 0.3) is 0 Å². The third kappa shape index (κ3) is 1.77. The van der Waals surface area contributed by atoms with Crippen molar-refractivity contribution in [1.82, 2.24) is 0 Å². The van der Waals surface area contributed by atoms with E-state index in [0.717, 1.165) is 10.7 Å². The smallest absolute Gasteiger partial charge is 0.0177 e. The van der Waals surface area contributed by atoms with E-state index in [1.165, 1.54) is 25.7 Å². The Morgan fingerprint density at radius 1 is 1.62 bits per heavy atom. The number of rotatable bonds is 3. The van der Waals surface area contributed by atoms with Crippen molar-refractivity contribution in [3.63, 3.8) is 0 Å². The van der Waals surface area contributed by atoms with Crippen LogP contribution in [0.1, 0.15) is 32.6 Å². The zero-order valence-corrected chi connectivity index (χ0v) is 6.95. The van der Waals surface area contributed by atoms with Crippen molar-refractivity contribution in [3.05, 3.63) is 0 Å². The van der Waals surface area contributed by atoms with Crippen LogP contribution in [-0.4, -0.2) is 4.83 Å². The Balaban J connectivity index is 1.89. The van der Waals surface area contributed by atoms with Gasteiger partial charge in [0.2, 0.25) is 0 Å². The highest BCUT2D eigenvalue weighted by atomic mass is 79.9. The van der Waals surface area contributed by atoms with Gasteiger partial charge in [-0.2, -0.15) is 0 Å². The van der Waals surface area contributed by atoms with Crippen LogP contribution >= 0.6 is 15.9 Å². The molecule has 0 aromatic rings. The lowest BCUT2D eigenvalue weighted by Crippen LogP contribution is -1.78. The molecule has 0 aromatic carbocycles. The van der Waals surface area contributed by atoms with Gasteiger partial charge in [0.15, 0.2) is 0 Å². The minimum Gasteiger partial charge on any atom is -0.0888 e. The summed E-state index contributed by atoms with van der Waals surface area (Å²) in [4.78, 5) is 0.883. The highest BCUT2D eigenvalue weighted by Gasteiger charge is 2.33. The van der Waals surface area contributed by atoms with Gasteiger partial charge in [-0.05, 0) is 18.8 Å². The summed E-state index contributed by atoms with van der Waals surface area (Å²) in [6.45, 7) is 2.26. The van der Waals surface area contributed by atoms with Crippen molar-refractivity contribution < 1.29 is 0 Å². The molecule has 0 heterocycles. The molecule has 0 saturated heterocycles. The number of hydrogen-bond acceptors (Lipinski definition) is 0. The predicted molar refractivity (Wildman–Crippen MR) is 40.3 cm³/mol. The molecule has 2 atom stereocenters. The first-order chi connectivity index (χ1) is 3.84. The summed E-state index contributed by atoms with van der Waals surface area (Å²) in [5.74, 6) is 1.04. The summed E-state index contributed by atoms with van der Waals surface area (Å²) >= 11 is 3.58. The summed E-state index contributed by atoms with van der Waals surface area (Å²) in [6, 6.07) is 0. The van der Waals surface area contributed by atoms with Crippen LogP contribution in [0.3, 0.4) is 0 Å². The second-order valence-corrected chi connectivity index (χ2v) is 3.83. The lowest BCUT2D eigenvalue weighted by atomic mass is 10.2. The van der Waals surface area contributed by atoms with Gasteiger partial charge in [0.1, 0.15) is 0 Å². The third-order valence-electron chi connectivity index (χ3n) is 1.76. The molecule has 1 aliphatic rings. The van der Waals surface area contributed by atoms with E-state index in [4.69, 9.17) is 0 Å². The highest BCUT2D eigenvalue weighted by Crippen LogP contribution is 2.41. The van der Waals surface area contributed by atoms with Gasteiger partial charge >= 0.3 is 0 Å². The quantitative estimate of drug-likeness (QED) is 0.581. The van der Waals surface area contributed by atoms with Gasteiger partial charge < -0.3 is 0 Å². The van der Waals surface area contributed by atoms with Crippen LogP contribution in [0.4, 0.5) is 0 Å². The Hall–Kier alpha value is 0.480. The van der Waals surface area contributed by atoms with Crippen molar-refractivity contribution in [3.8, 4) is 0 Å². The molecule has 0 unspecified atom stereocenters. The molecule has 0 radical (unpaired) electrons. The molecule has 0 N–H and O–H groups in total. The zero-order valence-electron chi connectivity index (χ0n) is 5.36. The molecule has 0 nitrogen and oxygen atoms in total. The molecule has 1 aliphatic carbocycles. The topological polar surface area (TPSA) is 0 Å². The van der Waals surface area contributed by atoms with Crippen LogP contribution in [0.5, 0.6) is 0 Å². The fourth-order valence-corrected chi connectivity index (χ4v) is 1.72. The van der Waals surface area contributed by atoms with Crippen LogP contribution in [0.2, 0.25) is 0 Å². The molecule has 8 heavy (non-hydrogen) atoms. The van der Waals surface area contributed by atoms with Gasteiger partial charge in [0.05, 0.1) is 0 Å². The molecular weight excluding hydrogens is 164 g/mol. The second-order valence-electron chi connectivity index (χ2n) is 2.65. The summed E-state index contributed by atoms with van der Waals surface area (Å²) < 4.78 is 0. The molecule has 1 saturated carbocycles. The first kappa shape index (κ1) is 6.60. The average Bonchev–Trinajstić information content (AvgIpc) is 2.42. The van der Waals surface area contributed by atoms with Crippen LogP contribution < -0.4 is 0 Å². The van der Waals surface area contributed by atoms with E-state index in [0.29, 0.717) is 0 Å². The van der Waals surface area contributed by atoms with Crippen molar-refractivity contribution in [2.75, 3.05) is 0 Å². The van der Waals surface area contributed by atoms with Crippen LogP contribution in [-0.2, 0) is 0 Å². The Morgan fingerprint density at radius 2 is 2.25 bits per heavy atom. The monoisotopic (exact) mass is 176 g/mol.